The molecule has 1 saturated heterocycles. The minimum Gasteiger partial charge on any atom is -0.423 e. The highest BCUT2D eigenvalue weighted by Gasteiger charge is 2.45. The summed E-state index contributed by atoms with van der Waals surface area (Å²) < 4.78 is 20.6. The molecule has 3 heterocycles. The molecule has 170 valence electrons. The number of anilines is 2. The minimum absolute atomic E-state index is 0.237. The number of ether oxygens (including phenoxy) is 1. The van der Waals surface area contributed by atoms with Crippen molar-refractivity contribution in [1.29, 1.82) is 0 Å². The number of fused-ring (bicyclic) bond motifs is 5. The first-order valence-corrected chi connectivity index (χ1v) is 11.6. The number of halogens is 1. The number of nitrogens with two attached hydrogens (primary N) is 1. The molecule has 6 rings (SSSR count). The third kappa shape index (κ3) is 3.31. The Hall–Kier alpha value is -3.26. The Kier molecular flexibility index (Phi) is 4.72. The fraction of sp³-hybridized carbons (Fsp3) is 0.400. The average Bonchev–Trinajstić information content (AvgIpc) is 3.50. The zero-order valence-corrected chi connectivity index (χ0v) is 18.8. The van der Waals surface area contributed by atoms with Crippen LogP contribution in [0.1, 0.15) is 36.7 Å². The lowest BCUT2D eigenvalue weighted by Gasteiger charge is -2.32. The number of hydrogen-bond donors (Lipinski definition) is 2. The smallest absolute Gasteiger partial charge is 0.324 e. The summed E-state index contributed by atoms with van der Waals surface area (Å²) in [4.78, 5) is 16.4. The van der Waals surface area contributed by atoms with E-state index in [1.807, 2.05) is 19.2 Å². The minimum atomic E-state index is -0.274. The number of rotatable bonds is 5. The van der Waals surface area contributed by atoms with Gasteiger partial charge in [-0.05, 0) is 60.6 Å². The summed E-state index contributed by atoms with van der Waals surface area (Å²) in [6.07, 6.45) is 5.18. The number of aryl methyl sites for hydroxylation is 1. The molecule has 2 unspecified atom stereocenters. The molecule has 0 radical (unpaired) electrons. The van der Waals surface area contributed by atoms with Gasteiger partial charge in [0.15, 0.2) is 0 Å². The van der Waals surface area contributed by atoms with Crippen molar-refractivity contribution in [2.75, 3.05) is 23.8 Å². The van der Waals surface area contributed by atoms with E-state index >= 15 is 0 Å². The number of benzene rings is 1. The van der Waals surface area contributed by atoms with E-state index in [1.165, 1.54) is 6.07 Å². The van der Waals surface area contributed by atoms with Crippen LogP contribution in [0, 0.1) is 11.7 Å². The van der Waals surface area contributed by atoms with Crippen molar-refractivity contribution in [3.63, 3.8) is 0 Å². The number of nitrogens with zero attached hydrogens (tertiary/aromatic N) is 4. The molecule has 1 saturated carbocycles. The van der Waals surface area contributed by atoms with E-state index < -0.39 is 0 Å². The number of nitrogens with one attached hydrogen (secondary N) is 1. The molecule has 0 amide bonds. The van der Waals surface area contributed by atoms with Gasteiger partial charge >= 0.3 is 6.01 Å². The number of pyridine rings is 1. The lowest BCUT2D eigenvalue weighted by atomic mass is 10.0. The summed E-state index contributed by atoms with van der Waals surface area (Å²) >= 11 is 0. The quantitative estimate of drug-likeness (QED) is 0.481. The van der Waals surface area contributed by atoms with Crippen LogP contribution in [0.5, 0.6) is 11.8 Å². The fourth-order valence-electron chi connectivity index (χ4n) is 5.61. The Balaban J connectivity index is 1.45. The third-order valence-electron chi connectivity index (χ3n) is 7.28. The predicted octanol–water partition coefficient (Wildman–Crippen LogP) is 3.90. The Morgan fingerprint density at radius 3 is 2.79 bits per heavy atom. The average molecular weight is 447 g/mol. The normalized spacial score (nSPS) is 22.4. The first kappa shape index (κ1) is 20.4. The highest BCUT2D eigenvalue weighted by molar-refractivity contribution is 5.88. The number of hydrogen-bond acceptors (Lipinski definition) is 7. The van der Waals surface area contributed by atoms with Gasteiger partial charge in [0.25, 0.3) is 0 Å². The van der Waals surface area contributed by atoms with Gasteiger partial charge in [-0.25, -0.2) is 4.39 Å². The second-order valence-electron chi connectivity index (χ2n) is 9.20. The molecule has 8 heteroatoms. The second-order valence-corrected chi connectivity index (χ2v) is 9.20. The molecule has 3 aliphatic rings. The van der Waals surface area contributed by atoms with Crippen LogP contribution >= 0.6 is 0 Å². The third-order valence-corrected chi connectivity index (χ3v) is 7.28. The molecule has 1 aromatic carbocycles. The summed E-state index contributed by atoms with van der Waals surface area (Å²) in [6.45, 7) is 2.92. The molecule has 2 aliphatic carbocycles. The van der Waals surface area contributed by atoms with Gasteiger partial charge in [-0.1, -0.05) is 6.92 Å². The molecule has 3 N–H and O–H groups in total. The van der Waals surface area contributed by atoms with E-state index in [4.69, 9.17) is 20.4 Å². The van der Waals surface area contributed by atoms with Crippen molar-refractivity contribution < 1.29 is 9.13 Å². The van der Waals surface area contributed by atoms with Crippen molar-refractivity contribution in [1.82, 2.24) is 15.0 Å². The summed E-state index contributed by atoms with van der Waals surface area (Å²) in [5, 5.41) is 3.13. The Morgan fingerprint density at radius 1 is 1.24 bits per heavy atom. The van der Waals surface area contributed by atoms with Crippen molar-refractivity contribution >= 4 is 11.5 Å². The maximum atomic E-state index is 14.5. The summed E-state index contributed by atoms with van der Waals surface area (Å²) in [7, 11) is 1.81. The van der Waals surface area contributed by atoms with Gasteiger partial charge in [0, 0.05) is 49.0 Å². The monoisotopic (exact) mass is 446 g/mol. The van der Waals surface area contributed by atoms with Gasteiger partial charge in [-0.3, -0.25) is 4.98 Å². The van der Waals surface area contributed by atoms with Crippen LogP contribution in [0.3, 0.4) is 0 Å². The summed E-state index contributed by atoms with van der Waals surface area (Å²) in [5.74, 6) is 1.60. The lowest BCUT2D eigenvalue weighted by Crippen LogP contribution is -2.41. The van der Waals surface area contributed by atoms with Crippen molar-refractivity contribution in [2.24, 2.45) is 11.7 Å². The number of aromatic nitrogens is 3. The van der Waals surface area contributed by atoms with Gasteiger partial charge < -0.3 is 20.7 Å². The maximum absolute atomic E-state index is 14.5. The van der Waals surface area contributed by atoms with Crippen LogP contribution < -0.4 is 20.7 Å². The first-order chi connectivity index (χ1) is 16.0. The van der Waals surface area contributed by atoms with Crippen LogP contribution in [0.4, 0.5) is 15.9 Å². The Bertz CT molecular complexity index is 1230. The Morgan fingerprint density at radius 2 is 2.12 bits per heavy atom. The van der Waals surface area contributed by atoms with Gasteiger partial charge in [0.05, 0.1) is 11.9 Å². The molecular formula is C25H27FN6O. The fourth-order valence-corrected chi connectivity index (χ4v) is 5.61. The van der Waals surface area contributed by atoms with E-state index in [0.29, 0.717) is 30.1 Å². The zero-order valence-electron chi connectivity index (χ0n) is 18.8. The molecule has 2 bridgehead atoms. The van der Waals surface area contributed by atoms with Gasteiger partial charge in [0.1, 0.15) is 17.4 Å². The summed E-state index contributed by atoms with van der Waals surface area (Å²) in [5.41, 5.74) is 11.8. The Labute approximate surface area is 192 Å². The van der Waals surface area contributed by atoms with Crippen LogP contribution in [-0.2, 0) is 12.8 Å². The molecule has 3 atom stereocenters. The molecule has 33 heavy (non-hydrogen) atoms. The van der Waals surface area contributed by atoms with E-state index in [1.54, 1.807) is 12.3 Å². The zero-order chi connectivity index (χ0) is 22.7. The topological polar surface area (TPSA) is 89.2 Å². The second kappa shape index (κ2) is 7.66. The standard InChI is InChI=1S/C25H27FN6O/c1-3-15-4-5-17(11-29-15)33-25-30-22-10-18-19(7-14(26)8-21(18)28-2)23(22)24(31-25)32-12-13-6-16(32)9-20(13)27/h4-5,7-8,11,13,16,20,28H,3,6,9-10,12,27H2,1-2H3/t13?,16?,20-/m0/s1. The van der Waals surface area contributed by atoms with E-state index in [2.05, 4.69) is 22.1 Å². The van der Waals surface area contributed by atoms with Crippen LogP contribution in [-0.4, -0.2) is 40.6 Å². The van der Waals surface area contributed by atoms with Crippen molar-refractivity contribution in [3.8, 4) is 22.9 Å². The first-order valence-electron chi connectivity index (χ1n) is 11.6. The molecule has 0 spiro atoms. The molecular weight excluding hydrogens is 419 g/mol. The highest BCUT2D eigenvalue weighted by Crippen LogP contribution is 2.48. The van der Waals surface area contributed by atoms with Crippen molar-refractivity contribution in [2.45, 2.75) is 44.7 Å². The van der Waals surface area contributed by atoms with Crippen LogP contribution in [0.2, 0.25) is 0 Å². The highest BCUT2D eigenvalue weighted by atomic mass is 19.1. The van der Waals surface area contributed by atoms with Crippen molar-refractivity contribution in [3.05, 3.63) is 53.2 Å². The molecule has 7 nitrogen and oxygen atoms in total. The molecule has 2 fully saturated rings. The van der Waals surface area contributed by atoms with E-state index in [-0.39, 0.29) is 11.9 Å². The van der Waals surface area contributed by atoms with E-state index in [0.717, 1.165) is 65.4 Å². The SMILES string of the molecule is CCc1ccc(Oc2nc3c(c(N4CC5CC4C[C@@H]5N)n2)-c2cc(F)cc(NC)c2C3)cn1. The molecule has 1 aliphatic heterocycles. The largest absolute Gasteiger partial charge is 0.423 e. The van der Waals surface area contributed by atoms with Gasteiger partial charge in [0.2, 0.25) is 0 Å². The molecule has 2 aromatic heterocycles. The van der Waals surface area contributed by atoms with E-state index in [9.17, 15) is 4.39 Å². The lowest BCUT2D eigenvalue weighted by molar-refractivity contribution is 0.434. The summed E-state index contributed by atoms with van der Waals surface area (Å²) in [6, 6.07) is 7.84. The van der Waals surface area contributed by atoms with Crippen LogP contribution in [0.15, 0.2) is 30.5 Å². The van der Waals surface area contributed by atoms with Gasteiger partial charge in [-0.2, -0.15) is 9.97 Å². The molecule has 3 aromatic rings. The van der Waals surface area contributed by atoms with Crippen LogP contribution in [0.25, 0.3) is 11.1 Å². The van der Waals surface area contributed by atoms with Gasteiger partial charge in [-0.15, -0.1) is 0 Å². The predicted molar refractivity (Wildman–Crippen MR) is 125 cm³/mol. The number of piperidine rings is 1. The maximum Gasteiger partial charge on any atom is 0.324 e.